The Morgan fingerprint density at radius 3 is 2.33 bits per heavy atom. The van der Waals surface area contributed by atoms with Crippen molar-refractivity contribution in [2.24, 2.45) is 5.92 Å². The molecule has 130 valence electrons. The maximum Gasteiger partial charge on any atom is 0.127 e. The smallest absolute Gasteiger partial charge is 0.127 e. The number of aliphatic hydroxyl groups excluding tert-OH is 1. The van der Waals surface area contributed by atoms with Crippen molar-refractivity contribution in [1.29, 1.82) is 0 Å². The predicted molar refractivity (Wildman–Crippen MR) is 97.3 cm³/mol. The minimum atomic E-state index is -0.452. The summed E-state index contributed by atoms with van der Waals surface area (Å²) in [6.07, 6.45) is 1.20. The maximum absolute atomic E-state index is 13.9. The van der Waals surface area contributed by atoms with Crippen LogP contribution in [-0.4, -0.2) is 29.2 Å². The molecule has 2 rings (SSSR count). The van der Waals surface area contributed by atoms with E-state index in [9.17, 15) is 9.50 Å². The average Bonchev–Trinajstić information content (AvgIpc) is 2.55. The van der Waals surface area contributed by atoms with Gasteiger partial charge in [0.1, 0.15) is 5.82 Å². The molecule has 0 saturated heterocycles. The SMILES string of the molecule is CC(C)CCN(Cc1ccccc1F)C[C@H](O)Cc1ccccc1. The van der Waals surface area contributed by atoms with Gasteiger partial charge in [-0.3, -0.25) is 4.90 Å². The first-order chi connectivity index (χ1) is 11.5. The van der Waals surface area contributed by atoms with E-state index in [1.165, 1.54) is 6.07 Å². The molecule has 0 aliphatic rings. The van der Waals surface area contributed by atoms with Crippen LogP contribution in [0.1, 0.15) is 31.4 Å². The maximum atomic E-state index is 13.9. The lowest BCUT2D eigenvalue weighted by atomic mass is 10.1. The average molecular weight is 329 g/mol. The molecule has 24 heavy (non-hydrogen) atoms. The van der Waals surface area contributed by atoms with E-state index in [4.69, 9.17) is 0 Å². The monoisotopic (exact) mass is 329 g/mol. The Labute approximate surface area is 144 Å². The largest absolute Gasteiger partial charge is 0.391 e. The van der Waals surface area contributed by atoms with Gasteiger partial charge < -0.3 is 5.11 Å². The minimum absolute atomic E-state index is 0.176. The summed E-state index contributed by atoms with van der Waals surface area (Å²) < 4.78 is 13.9. The van der Waals surface area contributed by atoms with Gasteiger partial charge in [-0.05, 0) is 36.9 Å². The van der Waals surface area contributed by atoms with Gasteiger partial charge in [-0.15, -0.1) is 0 Å². The highest BCUT2D eigenvalue weighted by atomic mass is 19.1. The van der Waals surface area contributed by atoms with Crippen molar-refractivity contribution >= 4 is 0 Å². The minimum Gasteiger partial charge on any atom is -0.391 e. The van der Waals surface area contributed by atoms with E-state index in [1.807, 2.05) is 42.5 Å². The highest BCUT2D eigenvalue weighted by Gasteiger charge is 2.15. The molecule has 2 nitrogen and oxygen atoms in total. The van der Waals surface area contributed by atoms with Crippen LogP contribution < -0.4 is 0 Å². The van der Waals surface area contributed by atoms with Crippen LogP contribution in [0.15, 0.2) is 54.6 Å². The Balaban J connectivity index is 1.98. The van der Waals surface area contributed by atoms with Gasteiger partial charge in [-0.25, -0.2) is 4.39 Å². The summed E-state index contributed by atoms with van der Waals surface area (Å²) in [7, 11) is 0. The number of nitrogens with zero attached hydrogens (tertiary/aromatic N) is 1. The Morgan fingerprint density at radius 1 is 1.00 bits per heavy atom. The third kappa shape index (κ3) is 6.42. The normalized spacial score (nSPS) is 12.8. The van der Waals surface area contributed by atoms with Crippen molar-refractivity contribution < 1.29 is 9.50 Å². The summed E-state index contributed by atoms with van der Waals surface area (Å²) in [5.74, 6) is 0.406. The molecule has 0 unspecified atom stereocenters. The van der Waals surface area contributed by atoms with Gasteiger partial charge in [0.25, 0.3) is 0 Å². The zero-order chi connectivity index (χ0) is 17.4. The lowest BCUT2D eigenvalue weighted by Crippen LogP contribution is -2.34. The van der Waals surface area contributed by atoms with E-state index in [1.54, 1.807) is 6.07 Å². The molecule has 0 amide bonds. The van der Waals surface area contributed by atoms with Gasteiger partial charge in [-0.1, -0.05) is 62.4 Å². The Kier molecular flexibility index (Phi) is 7.41. The second kappa shape index (κ2) is 9.55. The molecule has 0 heterocycles. The Morgan fingerprint density at radius 2 is 1.67 bits per heavy atom. The molecule has 0 aromatic heterocycles. The summed E-state index contributed by atoms with van der Waals surface area (Å²) in [4.78, 5) is 2.16. The highest BCUT2D eigenvalue weighted by Crippen LogP contribution is 2.13. The van der Waals surface area contributed by atoms with Crippen LogP contribution in [0.3, 0.4) is 0 Å². The first-order valence-corrected chi connectivity index (χ1v) is 8.72. The van der Waals surface area contributed by atoms with Crippen LogP contribution in [0.5, 0.6) is 0 Å². The lowest BCUT2D eigenvalue weighted by molar-refractivity contribution is 0.105. The van der Waals surface area contributed by atoms with Crippen molar-refractivity contribution in [2.75, 3.05) is 13.1 Å². The van der Waals surface area contributed by atoms with Crippen LogP contribution in [0, 0.1) is 11.7 Å². The number of hydrogen-bond donors (Lipinski definition) is 1. The lowest BCUT2D eigenvalue weighted by Gasteiger charge is -2.26. The van der Waals surface area contributed by atoms with Crippen molar-refractivity contribution in [3.8, 4) is 0 Å². The molecule has 1 N–H and O–H groups in total. The summed E-state index contributed by atoms with van der Waals surface area (Å²) >= 11 is 0. The Bertz CT molecular complexity index is 600. The molecule has 0 saturated carbocycles. The van der Waals surface area contributed by atoms with Gasteiger partial charge >= 0.3 is 0 Å². The highest BCUT2D eigenvalue weighted by molar-refractivity contribution is 5.17. The molecule has 1 atom stereocenters. The fourth-order valence-electron chi connectivity index (χ4n) is 2.79. The second-order valence-corrected chi connectivity index (χ2v) is 6.85. The summed E-state index contributed by atoms with van der Waals surface area (Å²) in [5, 5.41) is 10.5. The molecule has 0 bridgehead atoms. The van der Waals surface area contributed by atoms with Gasteiger partial charge in [0, 0.05) is 18.7 Å². The molecular weight excluding hydrogens is 301 g/mol. The summed E-state index contributed by atoms with van der Waals surface area (Å²) in [6.45, 7) is 6.31. The Hall–Kier alpha value is -1.71. The van der Waals surface area contributed by atoms with Crippen LogP contribution in [0.25, 0.3) is 0 Å². The predicted octanol–water partition coefficient (Wildman–Crippen LogP) is 4.28. The number of hydrogen-bond acceptors (Lipinski definition) is 2. The summed E-state index contributed by atoms with van der Waals surface area (Å²) in [6, 6.07) is 16.9. The molecule has 0 aliphatic heterocycles. The first kappa shape index (κ1) is 18.6. The fourth-order valence-corrected chi connectivity index (χ4v) is 2.79. The van der Waals surface area contributed by atoms with E-state index < -0.39 is 6.10 Å². The van der Waals surface area contributed by atoms with E-state index >= 15 is 0 Å². The number of aliphatic hydroxyl groups is 1. The fraction of sp³-hybridized carbons (Fsp3) is 0.429. The van der Waals surface area contributed by atoms with E-state index in [0.29, 0.717) is 31.0 Å². The molecular formula is C21H28FNO. The zero-order valence-corrected chi connectivity index (χ0v) is 14.7. The molecule has 0 fully saturated rings. The molecule has 3 heteroatoms. The van der Waals surface area contributed by atoms with Crippen LogP contribution in [-0.2, 0) is 13.0 Å². The van der Waals surface area contributed by atoms with E-state index in [-0.39, 0.29) is 5.82 Å². The van der Waals surface area contributed by atoms with E-state index in [2.05, 4.69) is 18.7 Å². The standard InChI is InChI=1S/C21H28FNO/c1-17(2)12-13-23(15-19-10-6-7-11-21(19)22)16-20(24)14-18-8-4-3-5-9-18/h3-11,17,20,24H,12-16H2,1-2H3/t20-/m1/s1. The quantitative estimate of drug-likeness (QED) is 0.742. The zero-order valence-electron chi connectivity index (χ0n) is 14.7. The number of benzene rings is 2. The van der Waals surface area contributed by atoms with Crippen molar-refractivity contribution in [3.05, 3.63) is 71.5 Å². The molecule has 0 radical (unpaired) electrons. The van der Waals surface area contributed by atoms with Crippen LogP contribution >= 0.6 is 0 Å². The van der Waals surface area contributed by atoms with E-state index in [0.717, 1.165) is 18.5 Å². The summed E-state index contributed by atoms with van der Waals surface area (Å²) in [5.41, 5.74) is 1.81. The van der Waals surface area contributed by atoms with Gasteiger partial charge in [0.05, 0.1) is 6.10 Å². The molecule has 2 aromatic carbocycles. The molecule has 2 aromatic rings. The third-order valence-electron chi connectivity index (χ3n) is 4.16. The van der Waals surface area contributed by atoms with Crippen molar-refractivity contribution in [2.45, 2.75) is 39.3 Å². The third-order valence-corrected chi connectivity index (χ3v) is 4.16. The van der Waals surface area contributed by atoms with Crippen molar-refractivity contribution in [1.82, 2.24) is 4.90 Å². The van der Waals surface area contributed by atoms with Gasteiger partial charge in [0.2, 0.25) is 0 Å². The first-order valence-electron chi connectivity index (χ1n) is 8.72. The second-order valence-electron chi connectivity index (χ2n) is 6.85. The van der Waals surface area contributed by atoms with Crippen LogP contribution in [0.4, 0.5) is 4.39 Å². The van der Waals surface area contributed by atoms with Crippen LogP contribution in [0.2, 0.25) is 0 Å². The van der Waals surface area contributed by atoms with Gasteiger partial charge in [0.15, 0.2) is 0 Å². The van der Waals surface area contributed by atoms with Crippen molar-refractivity contribution in [3.63, 3.8) is 0 Å². The number of halogens is 1. The molecule has 0 spiro atoms. The van der Waals surface area contributed by atoms with Gasteiger partial charge in [-0.2, -0.15) is 0 Å². The molecule has 0 aliphatic carbocycles. The topological polar surface area (TPSA) is 23.5 Å². The number of rotatable bonds is 9.